The largest absolute Gasteiger partial charge is 0.455 e. The van der Waals surface area contributed by atoms with Gasteiger partial charge in [-0.3, -0.25) is 9.59 Å². The summed E-state index contributed by atoms with van der Waals surface area (Å²) in [5.74, 6) is 0.290. The van der Waals surface area contributed by atoms with Crippen molar-refractivity contribution in [2.45, 2.75) is 32.2 Å². The number of hydrogen-bond donors (Lipinski definition) is 2. The van der Waals surface area contributed by atoms with Gasteiger partial charge in [-0.25, -0.2) is 8.42 Å². The van der Waals surface area contributed by atoms with Crippen molar-refractivity contribution >= 4 is 27.5 Å². The van der Waals surface area contributed by atoms with Crippen LogP contribution in [0.1, 0.15) is 36.7 Å². The van der Waals surface area contributed by atoms with E-state index in [0.29, 0.717) is 36.7 Å². The van der Waals surface area contributed by atoms with Crippen molar-refractivity contribution in [1.29, 1.82) is 0 Å². The fraction of sp³-hybridized carbons (Fsp3) is 0.231. The van der Waals surface area contributed by atoms with Gasteiger partial charge in [0.1, 0.15) is 5.75 Å². The zero-order chi connectivity index (χ0) is 25.4. The Labute approximate surface area is 206 Å². The van der Waals surface area contributed by atoms with E-state index in [1.807, 2.05) is 18.2 Å². The summed E-state index contributed by atoms with van der Waals surface area (Å²) >= 11 is 0. The molecule has 0 unspecified atom stereocenters. The number of ether oxygens (including phenoxy) is 1. The maximum Gasteiger partial charge on any atom is 0.255 e. The van der Waals surface area contributed by atoms with E-state index in [0.717, 1.165) is 5.56 Å². The Hall–Kier alpha value is -3.69. The molecule has 2 amide bonds. The number of rotatable bonds is 10. The molecule has 0 saturated heterocycles. The number of carbonyl (C=O) groups excluding carboxylic acids is 2. The molecule has 0 spiro atoms. The highest BCUT2D eigenvalue weighted by Gasteiger charge is 2.23. The Balaban J connectivity index is 1.92. The van der Waals surface area contributed by atoms with Crippen molar-refractivity contribution in [3.8, 4) is 11.5 Å². The summed E-state index contributed by atoms with van der Waals surface area (Å²) in [4.78, 5) is 24.2. The van der Waals surface area contributed by atoms with E-state index in [1.165, 1.54) is 29.4 Å². The van der Waals surface area contributed by atoms with Crippen LogP contribution >= 0.6 is 0 Å². The zero-order valence-corrected chi connectivity index (χ0v) is 20.8. The SMILES string of the molecule is CCN(CC)S(=O)(=O)c1ccc(Oc2ccccc2)c(NC(=O)c2ccc(CNC(C)=O)cc2)c1. The van der Waals surface area contributed by atoms with Gasteiger partial charge >= 0.3 is 0 Å². The Morgan fingerprint density at radius 1 is 0.914 bits per heavy atom. The van der Waals surface area contributed by atoms with Gasteiger partial charge in [-0.1, -0.05) is 44.2 Å². The summed E-state index contributed by atoms with van der Waals surface area (Å²) in [6.45, 7) is 5.99. The molecule has 9 heteroatoms. The number of nitrogens with one attached hydrogen (secondary N) is 2. The van der Waals surface area contributed by atoms with E-state index in [4.69, 9.17) is 4.74 Å². The summed E-state index contributed by atoms with van der Waals surface area (Å²) in [6, 6.07) is 20.2. The monoisotopic (exact) mass is 495 g/mol. The smallest absolute Gasteiger partial charge is 0.255 e. The molecule has 8 nitrogen and oxygen atoms in total. The Morgan fingerprint density at radius 3 is 2.17 bits per heavy atom. The lowest BCUT2D eigenvalue weighted by molar-refractivity contribution is -0.119. The lowest BCUT2D eigenvalue weighted by atomic mass is 10.1. The van der Waals surface area contributed by atoms with Crippen molar-refractivity contribution < 1.29 is 22.7 Å². The normalized spacial score (nSPS) is 11.2. The van der Waals surface area contributed by atoms with E-state index in [2.05, 4.69) is 10.6 Å². The third-order valence-electron chi connectivity index (χ3n) is 5.27. The molecule has 2 N–H and O–H groups in total. The summed E-state index contributed by atoms with van der Waals surface area (Å²) in [5, 5.41) is 5.49. The first kappa shape index (κ1) is 25.9. The molecule has 184 valence electrons. The minimum absolute atomic E-state index is 0.0579. The van der Waals surface area contributed by atoms with Gasteiger partial charge in [0.2, 0.25) is 15.9 Å². The topological polar surface area (TPSA) is 105 Å². The number of amides is 2. The fourth-order valence-corrected chi connectivity index (χ4v) is 4.86. The first-order valence-corrected chi connectivity index (χ1v) is 12.7. The first-order valence-electron chi connectivity index (χ1n) is 11.3. The molecule has 0 radical (unpaired) electrons. The van der Waals surface area contributed by atoms with Gasteiger partial charge < -0.3 is 15.4 Å². The second kappa shape index (κ2) is 11.6. The highest BCUT2D eigenvalue weighted by Crippen LogP contribution is 2.33. The highest BCUT2D eigenvalue weighted by atomic mass is 32.2. The van der Waals surface area contributed by atoms with E-state index < -0.39 is 15.9 Å². The van der Waals surface area contributed by atoms with E-state index in [-0.39, 0.29) is 16.5 Å². The zero-order valence-electron chi connectivity index (χ0n) is 19.9. The molecule has 3 aromatic rings. The minimum Gasteiger partial charge on any atom is -0.455 e. The summed E-state index contributed by atoms with van der Waals surface area (Å²) in [6.07, 6.45) is 0. The Morgan fingerprint density at radius 2 is 1.57 bits per heavy atom. The maximum atomic E-state index is 13.1. The molecule has 0 aliphatic carbocycles. The second-order valence-corrected chi connectivity index (χ2v) is 9.66. The quantitative estimate of drug-likeness (QED) is 0.434. The third kappa shape index (κ3) is 6.68. The van der Waals surface area contributed by atoms with Gasteiger partial charge in [-0.2, -0.15) is 4.31 Å². The van der Waals surface area contributed by atoms with Gasteiger partial charge in [0, 0.05) is 32.1 Å². The molecular weight excluding hydrogens is 466 g/mol. The number of nitrogens with zero attached hydrogens (tertiary/aromatic N) is 1. The number of anilines is 1. The van der Waals surface area contributed by atoms with Crippen molar-refractivity contribution in [2.75, 3.05) is 18.4 Å². The number of sulfonamides is 1. The lowest BCUT2D eigenvalue weighted by Gasteiger charge is -2.20. The maximum absolute atomic E-state index is 13.1. The van der Waals surface area contributed by atoms with Crippen LogP contribution < -0.4 is 15.4 Å². The van der Waals surface area contributed by atoms with Crippen LogP contribution in [0.15, 0.2) is 77.7 Å². The molecule has 0 atom stereocenters. The van der Waals surface area contributed by atoms with Gasteiger partial charge in [-0.05, 0) is 48.0 Å². The van der Waals surface area contributed by atoms with Crippen molar-refractivity contribution in [1.82, 2.24) is 9.62 Å². The van der Waals surface area contributed by atoms with Crippen LogP contribution in [0.25, 0.3) is 0 Å². The molecule has 0 aliphatic heterocycles. The van der Waals surface area contributed by atoms with Gasteiger partial charge in [-0.15, -0.1) is 0 Å². The molecule has 0 bridgehead atoms. The van der Waals surface area contributed by atoms with Crippen molar-refractivity contribution in [3.63, 3.8) is 0 Å². The number of benzene rings is 3. The average Bonchev–Trinajstić information content (AvgIpc) is 2.85. The predicted octanol–water partition coefficient (Wildman–Crippen LogP) is 4.40. The van der Waals surface area contributed by atoms with Crippen LogP contribution in [0, 0.1) is 0 Å². The van der Waals surface area contributed by atoms with Crippen molar-refractivity contribution in [2.24, 2.45) is 0 Å². The molecule has 0 saturated carbocycles. The van der Waals surface area contributed by atoms with Crippen LogP contribution in [0.2, 0.25) is 0 Å². The molecular formula is C26H29N3O5S. The summed E-state index contributed by atoms with van der Waals surface area (Å²) < 4.78 is 33.4. The molecule has 0 aliphatic rings. The minimum atomic E-state index is -3.74. The van der Waals surface area contributed by atoms with Crippen molar-refractivity contribution in [3.05, 3.63) is 83.9 Å². The highest BCUT2D eigenvalue weighted by molar-refractivity contribution is 7.89. The molecule has 0 aromatic heterocycles. The lowest BCUT2D eigenvalue weighted by Crippen LogP contribution is -2.30. The third-order valence-corrected chi connectivity index (χ3v) is 7.32. The Kier molecular flexibility index (Phi) is 8.62. The van der Waals surface area contributed by atoms with Gasteiger partial charge in [0.25, 0.3) is 5.91 Å². The van der Waals surface area contributed by atoms with Crippen LogP contribution in [-0.2, 0) is 21.4 Å². The molecule has 3 rings (SSSR count). The molecule has 35 heavy (non-hydrogen) atoms. The average molecular weight is 496 g/mol. The number of hydrogen-bond acceptors (Lipinski definition) is 5. The Bertz CT molecular complexity index is 1270. The first-order chi connectivity index (χ1) is 16.7. The molecule has 3 aromatic carbocycles. The van der Waals surface area contributed by atoms with Crippen LogP contribution in [0.4, 0.5) is 5.69 Å². The standard InChI is InChI=1S/C26H29N3O5S/c1-4-29(5-2)35(32,33)23-15-16-25(34-22-9-7-6-8-10-22)24(17-23)28-26(31)21-13-11-20(12-14-21)18-27-19(3)30/h6-17H,4-5,18H2,1-3H3,(H,27,30)(H,28,31). The predicted molar refractivity (Wildman–Crippen MR) is 135 cm³/mol. The molecule has 0 fully saturated rings. The van der Waals surface area contributed by atoms with Gasteiger partial charge in [0.05, 0.1) is 10.6 Å². The van der Waals surface area contributed by atoms with E-state index in [1.54, 1.807) is 50.2 Å². The van der Waals surface area contributed by atoms with Crippen LogP contribution in [0.3, 0.4) is 0 Å². The number of carbonyl (C=O) groups is 2. The van der Waals surface area contributed by atoms with E-state index in [9.17, 15) is 18.0 Å². The summed E-state index contributed by atoms with van der Waals surface area (Å²) in [7, 11) is -3.74. The second-order valence-electron chi connectivity index (χ2n) is 7.72. The number of para-hydroxylation sites is 1. The van der Waals surface area contributed by atoms with Crippen LogP contribution in [0.5, 0.6) is 11.5 Å². The van der Waals surface area contributed by atoms with Crippen LogP contribution in [-0.4, -0.2) is 37.6 Å². The van der Waals surface area contributed by atoms with E-state index >= 15 is 0 Å². The fourth-order valence-electron chi connectivity index (χ4n) is 3.38. The summed E-state index contributed by atoms with van der Waals surface area (Å²) in [5.41, 5.74) is 1.45. The van der Waals surface area contributed by atoms with Gasteiger partial charge in [0.15, 0.2) is 5.75 Å². The molecule has 0 heterocycles.